The van der Waals surface area contributed by atoms with Crippen LogP contribution in [0.2, 0.25) is 0 Å². The van der Waals surface area contributed by atoms with Gasteiger partial charge in [0, 0.05) is 0 Å². The minimum Gasteiger partial charge on any atom is -0.498 e. The summed E-state index contributed by atoms with van der Waals surface area (Å²) in [4.78, 5) is 0. The quantitative estimate of drug-likeness (QED) is 0.502. The summed E-state index contributed by atoms with van der Waals surface area (Å²) in [6.45, 7) is 6.66. The summed E-state index contributed by atoms with van der Waals surface area (Å²) < 4.78 is 5.46. The van der Waals surface area contributed by atoms with Crippen LogP contribution < -0.4 is 0 Å². The third-order valence-corrected chi connectivity index (χ3v) is 1.90. The highest BCUT2D eigenvalue weighted by molar-refractivity contribution is 4.87. The zero-order valence-corrected chi connectivity index (χ0v) is 7.05. The van der Waals surface area contributed by atoms with Crippen molar-refractivity contribution < 1.29 is 4.74 Å². The average molecular weight is 140 g/mol. The van der Waals surface area contributed by atoms with Gasteiger partial charge >= 0.3 is 0 Å². The van der Waals surface area contributed by atoms with Crippen LogP contribution in [-0.2, 0) is 4.74 Å². The molecule has 1 heterocycles. The van der Waals surface area contributed by atoms with Gasteiger partial charge in [0.1, 0.15) is 6.10 Å². The normalized spacial score (nSPS) is 26.1. The van der Waals surface area contributed by atoms with E-state index in [1.807, 2.05) is 6.26 Å². The van der Waals surface area contributed by atoms with Gasteiger partial charge in [-0.25, -0.2) is 0 Å². The first-order valence-electron chi connectivity index (χ1n) is 3.91. The molecular formula is C9H16O. The zero-order valence-electron chi connectivity index (χ0n) is 7.05. The molecule has 1 rings (SSSR count). The highest BCUT2D eigenvalue weighted by atomic mass is 16.5. The Morgan fingerprint density at radius 1 is 1.40 bits per heavy atom. The smallest absolute Gasteiger partial charge is 0.103 e. The Balaban J connectivity index is 2.49. The van der Waals surface area contributed by atoms with Gasteiger partial charge in [-0.15, -0.1) is 0 Å². The van der Waals surface area contributed by atoms with Crippen LogP contribution in [0, 0.1) is 5.41 Å². The largest absolute Gasteiger partial charge is 0.498 e. The van der Waals surface area contributed by atoms with Gasteiger partial charge in [0.15, 0.2) is 0 Å². The van der Waals surface area contributed by atoms with E-state index in [1.54, 1.807) is 0 Å². The maximum atomic E-state index is 5.46. The predicted octanol–water partition coefficient (Wildman–Crippen LogP) is 2.73. The zero-order chi connectivity index (χ0) is 7.61. The Morgan fingerprint density at radius 2 is 2.10 bits per heavy atom. The first-order valence-corrected chi connectivity index (χ1v) is 3.91. The summed E-state index contributed by atoms with van der Waals surface area (Å²) in [5.74, 6) is 0. The van der Waals surface area contributed by atoms with E-state index in [1.165, 1.54) is 12.8 Å². The van der Waals surface area contributed by atoms with Crippen LogP contribution in [0.3, 0.4) is 0 Å². The second kappa shape index (κ2) is 2.65. The van der Waals surface area contributed by atoms with E-state index in [2.05, 4.69) is 26.8 Å². The van der Waals surface area contributed by atoms with Crippen LogP contribution in [-0.4, -0.2) is 6.10 Å². The molecule has 0 aromatic rings. The molecule has 1 aliphatic heterocycles. The Kier molecular flexibility index (Phi) is 2.02. The molecule has 1 nitrogen and oxygen atoms in total. The predicted molar refractivity (Wildman–Crippen MR) is 42.7 cm³/mol. The molecule has 1 atom stereocenters. The summed E-state index contributed by atoms with van der Waals surface area (Å²) >= 11 is 0. The molecule has 0 saturated heterocycles. The molecule has 0 N–H and O–H groups in total. The van der Waals surface area contributed by atoms with Crippen LogP contribution in [0.15, 0.2) is 12.3 Å². The van der Waals surface area contributed by atoms with Gasteiger partial charge in [-0.05, 0) is 24.3 Å². The lowest BCUT2D eigenvalue weighted by Crippen LogP contribution is -2.28. The molecule has 0 radical (unpaired) electrons. The highest BCUT2D eigenvalue weighted by Gasteiger charge is 2.25. The first-order chi connectivity index (χ1) is 4.61. The van der Waals surface area contributed by atoms with Crippen molar-refractivity contribution in [2.75, 3.05) is 0 Å². The van der Waals surface area contributed by atoms with Gasteiger partial charge in [-0.2, -0.15) is 0 Å². The molecule has 0 amide bonds. The lowest BCUT2D eigenvalue weighted by molar-refractivity contribution is 0.0309. The summed E-state index contributed by atoms with van der Waals surface area (Å²) in [7, 11) is 0. The van der Waals surface area contributed by atoms with Crippen molar-refractivity contribution in [2.45, 2.75) is 39.7 Å². The molecule has 10 heavy (non-hydrogen) atoms. The van der Waals surface area contributed by atoms with E-state index in [0.29, 0.717) is 11.5 Å². The van der Waals surface area contributed by atoms with Crippen LogP contribution in [0.5, 0.6) is 0 Å². The minimum absolute atomic E-state index is 0.296. The molecule has 0 saturated carbocycles. The van der Waals surface area contributed by atoms with Crippen LogP contribution in [0.25, 0.3) is 0 Å². The topological polar surface area (TPSA) is 9.23 Å². The van der Waals surface area contributed by atoms with E-state index >= 15 is 0 Å². The molecule has 0 aromatic carbocycles. The van der Waals surface area contributed by atoms with Crippen molar-refractivity contribution in [1.82, 2.24) is 0 Å². The van der Waals surface area contributed by atoms with Crippen molar-refractivity contribution in [3.8, 4) is 0 Å². The first kappa shape index (κ1) is 7.64. The number of ether oxygens (including phenoxy) is 1. The lowest BCUT2D eigenvalue weighted by Gasteiger charge is -2.31. The number of hydrogen-bond donors (Lipinski definition) is 0. The Bertz CT molecular complexity index is 130. The van der Waals surface area contributed by atoms with E-state index in [-0.39, 0.29) is 0 Å². The van der Waals surface area contributed by atoms with Gasteiger partial charge in [0.05, 0.1) is 6.26 Å². The van der Waals surface area contributed by atoms with Gasteiger partial charge in [0.2, 0.25) is 0 Å². The number of rotatable bonds is 0. The fourth-order valence-electron chi connectivity index (χ4n) is 1.17. The standard InChI is InChI=1S/C9H16O/c1-9(2,3)8-6-4-5-7-10-8/h5,7-8H,4,6H2,1-3H3. The van der Waals surface area contributed by atoms with Gasteiger partial charge in [-0.3, -0.25) is 0 Å². The van der Waals surface area contributed by atoms with Crippen molar-refractivity contribution >= 4 is 0 Å². The molecule has 1 unspecified atom stereocenters. The second-order valence-corrected chi connectivity index (χ2v) is 3.94. The minimum atomic E-state index is 0.296. The molecule has 0 fully saturated rings. The van der Waals surface area contributed by atoms with Crippen molar-refractivity contribution in [1.29, 1.82) is 0 Å². The van der Waals surface area contributed by atoms with Crippen molar-refractivity contribution in [2.24, 2.45) is 5.41 Å². The van der Waals surface area contributed by atoms with Crippen molar-refractivity contribution in [3.63, 3.8) is 0 Å². The maximum absolute atomic E-state index is 5.46. The van der Waals surface area contributed by atoms with E-state index < -0.39 is 0 Å². The molecule has 0 aromatic heterocycles. The number of allylic oxidation sites excluding steroid dienone is 1. The fourth-order valence-corrected chi connectivity index (χ4v) is 1.17. The molecular weight excluding hydrogens is 124 g/mol. The van der Waals surface area contributed by atoms with Gasteiger partial charge in [0.25, 0.3) is 0 Å². The fraction of sp³-hybridized carbons (Fsp3) is 0.778. The van der Waals surface area contributed by atoms with Crippen molar-refractivity contribution in [3.05, 3.63) is 12.3 Å². The van der Waals surface area contributed by atoms with Crippen LogP contribution >= 0.6 is 0 Å². The van der Waals surface area contributed by atoms with Crippen LogP contribution in [0.4, 0.5) is 0 Å². The summed E-state index contributed by atoms with van der Waals surface area (Å²) in [6.07, 6.45) is 6.67. The Labute approximate surface area is 63.1 Å². The molecule has 1 aliphatic rings. The lowest BCUT2D eigenvalue weighted by atomic mass is 9.86. The second-order valence-electron chi connectivity index (χ2n) is 3.94. The van der Waals surface area contributed by atoms with Gasteiger partial charge < -0.3 is 4.74 Å². The third-order valence-electron chi connectivity index (χ3n) is 1.90. The molecule has 0 spiro atoms. The summed E-state index contributed by atoms with van der Waals surface area (Å²) in [5.41, 5.74) is 0.296. The Hall–Kier alpha value is -0.460. The maximum Gasteiger partial charge on any atom is 0.103 e. The van der Waals surface area contributed by atoms with E-state index in [0.717, 1.165) is 0 Å². The van der Waals surface area contributed by atoms with E-state index in [9.17, 15) is 0 Å². The third kappa shape index (κ3) is 1.76. The molecule has 1 heteroatoms. The summed E-state index contributed by atoms with van der Waals surface area (Å²) in [6, 6.07) is 0. The summed E-state index contributed by atoms with van der Waals surface area (Å²) in [5, 5.41) is 0. The monoisotopic (exact) mass is 140 g/mol. The van der Waals surface area contributed by atoms with Gasteiger partial charge in [-0.1, -0.05) is 20.8 Å². The Morgan fingerprint density at radius 3 is 2.40 bits per heavy atom. The average Bonchev–Trinajstić information content (AvgIpc) is 1.88. The SMILES string of the molecule is CC(C)(C)C1CCC=CO1. The molecule has 0 bridgehead atoms. The molecule has 0 aliphatic carbocycles. The molecule has 58 valence electrons. The van der Waals surface area contributed by atoms with E-state index in [4.69, 9.17) is 4.74 Å². The number of hydrogen-bond acceptors (Lipinski definition) is 1. The van der Waals surface area contributed by atoms with Crippen LogP contribution in [0.1, 0.15) is 33.6 Å². The highest BCUT2D eigenvalue weighted by Crippen LogP contribution is 2.28.